The molecule has 6 heteroatoms. The van der Waals surface area contributed by atoms with E-state index in [1.165, 1.54) is 183 Å². The van der Waals surface area contributed by atoms with Gasteiger partial charge in [0.1, 0.15) is 0 Å². The molecule has 3 atom stereocenters. The van der Waals surface area contributed by atoms with E-state index in [9.17, 15) is 4.89 Å². The number of rotatable bonds is 35. The Hall–Kier alpha value is 0.880. The fraction of sp³-hybridized carbons (Fsp3) is 1.00. The Balaban J connectivity index is 0. The first-order valence-corrected chi connectivity index (χ1v) is 25.3. The van der Waals surface area contributed by atoms with Gasteiger partial charge in [-0.1, -0.05) is 176 Å². The highest BCUT2D eigenvalue weighted by Crippen LogP contribution is 2.53. The monoisotopic (exact) mass is 722 g/mol. The number of unbranched alkanes of at least 4 members (excludes halogenated alkanes) is 17. The van der Waals surface area contributed by atoms with E-state index in [-0.39, 0.29) is 0 Å². The van der Waals surface area contributed by atoms with Crippen molar-refractivity contribution < 1.29 is 13.9 Å². The molecule has 0 saturated heterocycles. The van der Waals surface area contributed by atoms with Crippen molar-refractivity contribution in [1.29, 1.82) is 0 Å². The topological polar surface area (TPSA) is 32.3 Å². The Kier molecular flexibility index (Phi) is 39.0. The molecule has 0 N–H and O–H groups in total. The van der Waals surface area contributed by atoms with Crippen LogP contribution in [0.3, 0.4) is 0 Å². The lowest BCUT2D eigenvalue weighted by Crippen LogP contribution is -2.46. The van der Waals surface area contributed by atoms with E-state index in [1.807, 2.05) is 0 Å². The maximum atomic E-state index is 12.4. The van der Waals surface area contributed by atoms with Crippen LogP contribution in [0.15, 0.2) is 0 Å². The Morgan fingerprint density at radius 3 is 1.23 bits per heavy atom. The van der Waals surface area contributed by atoms with Crippen LogP contribution in [0.4, 0.5) is 0 Å². The third kappa shape index (κ3) is 35.1. The molecule has 0 heterocycles. The van der Waals surface area contributed by atoms with E-state index < -0.39 is 5.69 Å². The van der Waals surface area contributed by atoms with Gasteiger partial charge in [0.25, 0.3) is 0 Å². The summed E-state index contributed by atoms with van der Waals surface area (Å²) in [5.74, 6) is 2.00. The van der Waals surface area contributed by atoms with Crippen molar-refractivity contribution in [3.8, 4) is 0 Å². The Bertz CT molecular complexity index is 601. The minimum absolute atomic E-state index is 0.504. The van der Waals surface area contributed by atoms with E-state index >= 15 is 0 Å². The lowest BCUT2D eigenvalue weighted by molar-refractivity contribution is -0.910. The number of quaternary nitrogens is 1. The highest BCUT2D eigenvalue weighted by atomic mass is 32.9. The average molecular weight is 722 g/mol. The van der Waals surface area contributed by atoms with Crippen molar-refractivity contribution in [2.45, 2.75) is 215 Å². The maximum Gasteiger partial charge on any atom is 0.0784 e. The summed E-state index contributed by atoms with van der Waals surface area (Å²) >= 11 is 6.58. The molecule has 0 radical (unpaired) electrons. The van der Waals surface area contributed by atoms with E-state index in [2.05, 4.69) is 55.5 Å². The Labute approximate surface area is 307 Å². The minimum atomic E-state index is -2.89. The predicted octanol–water partition coefficient (Wildman–Crippen LogP) is 14.3. The van der Waals surface area contributed by atoms with Gasteiger partial charge in [0, 0.05) is 11.4 Å². The van der Waals surface area contributed by atoms with Gasteiger partial charge in [-0.25, -0.2) is 0 Å². The summed E-state index contributed by atoms with van der Waals surface area (Å²) in [5.41, 5.74) is -2.89. The van der Waals surface area contributed by atoms with E-state index in [1.54, 1.807) is 0 Å². The SMILES string of the molecule is CCCCC(CC)COP([O-])(=S)SCC(CC)CCCC.CCCCCCCC[N+](C)(CCCCCCCC)CCCCCCCC. The van der Waals surface area contributed by atoms with Gasteiger partial charge in [0.05, 0.1) is 33.3 Å². The molecule has 3 nitrogen and oxygen atoms in total. The molecule has 0 aromatic heterocycles. The summed E-state index contributed by atoms with van der Waals surface area (Å²) in [6.45, 7) is 20.6. The summed E-state index contributed by atoms with van der Waals surface area (Å²) in [5, 5.41) is 0. The molecule has 0 amide bonds. The average Bonchev–Trinajstić information content (AvgIpc) is 3.06. The molecule has 0 spiro atoms. The Morgan fingerprint density at radius 1 is 0.532 bits per heavy atom. The van der Waals surface area contributed by atoms with Crippen LogP contribution in [-0.4, -0.2) is 43.5 Å². The van der Waals surface area contributed by atoms with Crippen molar-refractivity contribution in [2.24, 2.45) is 11.8 Å². The van der Waals surface area contributed by atoms with Crippen LogP contribution >= 0.6 is 17.1 Å². The number of hydrogen-bond acceptors (Lipinski definition) is 4. The second kappa shape index (κ2) is 36.7. The van der Waals surface area contributed by atoms with E-state index in [0.29, 0.717) is 18.4 Å². The molecular weight excluding hydrogens is 634 g/mol. The van der Waals surface area contributed by atoms with E-state index in [4.69, 9.17) is 16.3 Å². The quantitative estimate of drug-likeness (QED) is 0.0370. The summed E-state index contributed by atoms with van der Waals surface area (Å²) in [6.07, 6.45) is 35.3. The molecule has 0 fully saturated rings. The molecule has 47 heavy (non-hydrogen) atoms. The normalized spacial score (nSPS) is 14.4. The van der Waals surface area contributed by atoms with Crippen LogP contribution in [0.1, 0.15) is 215 Å². The van der Waals surface area contributed by atoms with Gasteiger partial charge in [-0.05, 0) is 63.2 Å². The molecule has 0 rings (SSSR count). The van der Waals surface area contributed by atoms with Crippen LogP contribution in [0.2, 0.25) is 0 Å². The summed E-state index contributed by atoms with van der Waals surface area (Å²) < 4.78 is 6.97. The van der Waals surface area contributed by atoms with Crippen LogP contribution in [0.25, 0.3) is 0 Å². The molecule has 286 valence electrons. The lowest BCUT2D eigenvalue weighted by atomic mass is 10.0. The van der Waals surface area contributed by atoms with Crippen molar-refractivity contribution >= 4 is 28.9 Å². The molecule has 0 saturated carbocycles. The highest BCUT2D eigenvalue weighted by molar-refractivity contribution is 8.67. The number of nitrogens with zero attached hydrogens (tertiary/aromatic N) is 1. The molecule has 0 aromatic rings. The standard InChI is InChI=1S/C25H54N.C16H35O2PS2/c1-5-8-11-14-17-20-23-26(4,24-21-18-15-12-9-6-2)25-22-19-16-13-10-7-3;1-5-9-11-15(7-3)13-18-19(17,20)21-14-16(8-4)12-10-6-2/h5-25H2,1-4H3;15-16H,5-14H2,1-4H3,(H,17,20)/q+1;/p-1. The van der Waals surface area contributed by atoms with Crippen molar-refractivity contribution in [3.63, 3.8) is 0 Å². The zero-order chi connectivity index (χ0) is 35.5. The van der Waals surface area contributed by atoms with Crippen LogP contribution in [0, 0.1) is 11.8 Å². The third-order valence-corrected chi connectivity index (χ3v) is 14.6. The van der Waals surface area contributed by atoms with Crippen molar-refractivity contribution in [2.75, 3.05) is 39.0 Å². The zero-order valence-corrected chi connectivity index (χ0v) is 36.1. The largest absolute Gasteiger partial charge is 0.793 e. The van der Waals surface area contributed by atoms with Crippen molar-refractivity contribution in [3.05, 3.63) is 0 Å². The van der Waals surface area contributed by atoms with Gasteiger partial charge in [-0.15, -0.1) is 11.4 Å². The highest BCUT2D eigenvalue weighted by Gasteiger charge is 2.20. The molecule has 0 aliphatic heterocycles. The van der Waals surface area contributed by atoms with Gasteiger partial charge >= 0.3 is 0 Å². The minimum Gasteiger partial charge on any atom is -0.793 e. The molecular formula is C41H88NO2PS2. The third-order valence-electron chi connectivity index (χ3n) is 10.2. The summed E-state index contributed by atoms with van der Waals surface area (Å²) in [7, 11) is 2.56. The van der Waals surface area contributed by atoms with Gasteiger partial charge in [0.15, 0.2) is 0 Å². The molecule has 3 unspecified atom stereocenters. The van der Waals surface area contributed by atoms with Gasteiger partial charge in [-0.2, -0.15) is 0 Å². The van der Waals surface area contributed by atoms with Crippen LogP contribution in [-0.2, 0) is 16.3 Å². The first kappa shape index (κ1) is 50.0. The summed E-state index contributed by atoms with van der Waals surface area (Å²) in [4.78, 5) is 12.4. The van der Waals surface area contributed by atoms with E-state index in [0.717, 1.165) is 25.0 Å². The fourth-order valence-electron chi connectivity index (χ4n) is 6.38. The van der Waals surface area contributed by atoms with Gasteiger partial charge in [-0.3, -0.25) is 0 Å². The van der Waals surface area contributed by atoms with Gasteiger partial charge < -0.3 is 13.9 Å². The van der Waals surface area contributed by atoms with Crippen molar-refractivity contribution in [1.82, 2.24) is 0 Å². The van der Waals surface area contributed by atoms with Crippen LogP contribution in [0.5, 0.6) is 0 Å². The number of hydrogen-bond donors (Lipinski definition) is 0. The smallest absolute Gasteiger partial charge is 0.0784 e. The van der Waals surface area contributed by atoms with Crippen LogP contribution < -0.4 is 4.89 Å². The molecule has 0 bridgehead atoms. The fourth-order valence-corrected chi connectivity index (χ4v) is 9.96. The summed E-state index contributed by atoms with van der Waals surface area (Å²) in [6, 6.07) is 0. The van der Waals surface area contributed by atoms with Gasteiger partial charge in [0.2, 0.25) is 0 Å². The molecule has 0 aliphatic carbocycles. The second-order valence-corrected chi connectivity index (χ2v) is 21.1. The maximum absolute atomic E-state index is 12.4. The lowest BCUT2D eigenvalue weighted by Gasteiger charge is -2.35. The molecule has 0 aromatic carbocycles. The second-order valence-electron chi connectivity index (χ2n) is 15.0. The predicted molar refractivity (Wildman–Crippen MR) is 220 cm³/mol. The first-order valence-electron chi connectivity index (χ1n) is 21.1. The molecule has 0 aliphatic rings. The Morgan fingerprint density at radius 2 is 0.872 bits per heavy atom. The zero-order valence-electron chi connectivity index (χ0n) is 33.6. The first-order chi connectivity index (χ1) is 22.7.